The number of fused-ring (bicyclic) bond motifs is 1. The van der Waals surface area contributed by atoms with Crippen molar-refractivity contribution in [2.24, 2.45) is 5.41 Å². The molecule has 140 valence electrons. The molecule has 1 aromatic heterocycles. The summed E-state index contributed by atoms with van der Waals surface area (Å²) in [5.41, 5.74) is 4.25. The number of likely N-dealkylation sites (tertiary alicyclic amines) is 1. The van der Waals surface area contributed by atoms with E-state index in [4.69, 9.17) is 4.74 Å². The number of β-amino-alcohol motifs (C(OH)–C–C–N with tert-alkyl or cyclic N) is 1. The lowest BCUT2D eigenvalue weighted by Crippen LogP contribution is -2.45. The van der Waals surface area contributed by atoms with Crippen molar-refractivity contribution in [3.8, 4) is 0 Å². The van der Waals surface area contributed by atoms with E-state index in [0.717, 1.165) is 43.4 Å². The molecule has 2 fully saturated rings. The van der Waals surface area contributed by atoms with Crippen LogP contribution < -0.4 is 0 Å². The van der Waals surface area contributed by atoms with Crippen LogP contribution in [0.5, 0.6) is 0 Å². The van der Waals surface area contributed by atoms with Gasteiger partial charge in [-0.3, -0.25) is 4.79 Å². The largest absolute Gasteiger partial charge is 0.465 e. The van der Waals surface area contributed by atoms with Gasteiger partial charge >= 0.3 is 5.97 Å². The highest BCUT2D eigenvalue weighted by atomic mass is 16.5. The normalized spacial score (nSPS) is 21.4. The van der Waals surface area contributed by atoms with Gasteiger partial charge in [-0.1, -0.05) is 0 Å². The molecular formula is C20H27N3O3. The Hall–Kier alpha value is -1.92. The summed E-state index contributed by atoms with van der Waals surface area (Å²) in [5.74, 6) is -0.0201. The second-order valence-electron chi connectivity index (χ2n) is 7.94. The molecule has 6 heteroatoms. The van der Waals surface area contributed by atoms with E-state index in [0.29, 0.717) is 19.7 Å². The summed E-state index contributed by atoms with van der Waals surface area (Å²) in [6.45, 7) is 7.59. The summed E-state index contributed by atoms with van der Waals surface area (Å²) in [7, 11) is 0. The topological polar surface area (TPSA) is 67.6 Å². The van der Waals surface area contributed by atoms with E-state index in [2.05, 4.69) is 35.9 Å². The number of rotatable bonds is 4. The number of piperidine rings is 1. The molecule has 4 rings (SSSR count). The first-order chi connectivity index (χ1) is 12.5. The van der Waals surface area contributed by atoms with Gasteiger partial charge in [0, 0.05) is 6.54 Å². The molecule has 0 amide bonds. The number of imidazole rings is 1. The van der Waals surface area contributed by atoms with Crippen LogP contribution in [0.4, 0.5) is 0 Å². The number of cyclic esters (lactones) is 1. The van der Waals surface area contributed by atoms with Gasteiger partial charge in [0.25, 0.3) is 0 Å². The summed E-state index contributed by atoms with van der Waals surface area (Å²) < 4.78 is 7.21. The minimum Gasteiger partial charge on any atom is -0.465 e. The van der Waals surface area contributed by atoms with Crippen molar-refractivity contribution in [2.45, 2.75) is 45.8 Å². The number of hydrogen-bond donors (Lipinski definition) is 1. The third-order valence-corrected chi connectivity index (χ3v) is 6.17. The molecular weight excluding hydrogens is 330 g/mol. The molecule has 26 heavy (non-hydrogen) atoms. The molecule has 2 aromatic rings. The Kier molecular flexibility index (Phi) is 4.49. The minimum atomic E-state index is -0.460. The average molecular weight is 357 g/mol. The smallest absolute Gasteiger partial charge is 0.312 e. The maximum absolute atomic E-state index is 12.0. The van der Waals surface area contributed by atoms with Gasteiger partial charge in [-0.05, 0) is 69.5 Å². The number of hydrogen-bond acceptors (Lipinski definition) is 5. The Labute approximate surface area is 153 Å². The molecule has 1 aromatic carbocycles. The highest BCUT2D eigenvalue weighted by molar-refractivity contribution is 5.79. The Morgan fingerprint density at radius 3 is 2.62 bits per heavy atom. The number of aromatic nitrogens is 2. The number of aliphatic hydroxyl groups excluding tert-OH is 1. The fourth-order valence-corrected chi connectivity index (χ4v) is 4.25. The molecule has 6 nitrogen and oxygen atoms in total. The van der Waals surface area contributed by atoms with Crippen LogP contribution in [0.1, 0.15) is 30.4 Å². The van der Waals surface area contributed by atoms with Crippen molar-refractivity contribution in [3.05, 3.63) is 29.6 Å². The van der Waals surface area contributed by atoms with Crippen molar-refractivity contribution in [3.63, 3.8) is 0 Å². The molecule has 2 aliphatic rings. The van der Waals surface area contributed by atoms with Crippen LogP contribution in [0.2, 0.25) is 0 Å². The first-order valence-electron chi connectivity index (χ1n) is 9.47. The van der Waals surface area contributed by atoms with Crippen molar-refractivity contribution in [1.29, 1.82) is 0 Å². The third kappa shape index (κ3) is 3.12. The van der Waals surface area contributed by atoms with E-state index in [1.54, 1.807) is 0 Å². The summed E-state index contributed by atoms with van der Waals surface area (Å²) >= 11 is 0. The molecule has 0 aliphatic carbocycles. The average Bonchev–Trinajstić information content (AvgIpc) is 3.15. The molecule has 1 N–H and O–H groups in total. The number of aryl methyl sites for hydroxylation is 2. The highest BCUT2D eigenvalue weighted by Crippen LogP contribution is 2.40. The number of ether oxygens (including phenoxy) is 1. The van der Waals surface area contributed by atoms with Crippen LogP contribution >= 0.6 is 0 Å². The molecule has 1 spiro atoms. The van der Waals surface area contributed by atoms with Gasteiger partial charge < -0.3 is 19.3 Å². The Balaban J connectivity index is 1.37. The number of nitrogens with zero attached hydrogens (tertiary/aromatic N) is 3. The monoisotopic (exact) mass is 357 g/mol. The van der Waals surface area contributed by atoms with E-state index in [9.17, 15) is 9.90 Å². The van der Waals surface area contributed by atoms with Gasteiger partial charge in [-0.15, -0.1) is 0 Å². The van der Waals surface area contributed by atoms with Crippen molar-refractivity contribution in [2.75, 3.05) is 26.2 Å². The van der Waals surface area contributed by atoms with Crippen molar-refractivity contribution < 1.29 is 14.6 Å². The molecule has 2 aliphatic heterocycles. The Bertz CT molecular complexity index is 821. The van der Waals surface area contributed by atoms with E-state index in [1.165, 1.54) is 11.1 Å². The molecule has 1 atom stereocenters. The molecule has 0 radical (unpaired) electrons. The SMILES string of the molecule is Cc1cc2ncn(CC(O)CN3CCC4(CCOC4=O)CC3)c2cc1C. The van der Waals surface area contributed by atoms with E-state index < -0.39 is 6.10 Å². The Morgan fingerprint density at radius 1 is 1.19 bits per heavy atom. The van der Waals surface area contributed by atoms with Crippen LogP contribution in [0, 0.1) is 19.3 Å². The zero-order valence-corrected chi connectivity index (χ0v) is 15.6. The van der Waals surface area contributed by atoms with Gasteiger partial charge in [-0.25, -0.2) is 4.98 Å². The minimum absolute atomic E-state index is 0.0201. The van der Waals surface area contributed by atoms with Crippen LogP contribution in [0.25, 0.3) is 11.0 Å². The lowest BCUT2D eigenvalue weighted by Gasteiger charge is -2.37. The lowest BCUT2D eigenvalue weighted by molar-refractivity contribution is -0.148. The zero-order valence-electron chi connectivity index (χ0n) is 15.6. The number of aliphatic hydroxyl groups is 1. The summed E-state index contributed by atoms with van der Waals surface area (Å²) in [6, 6.07) is 4.24. The maximum Gasteiger partial charge on any atom is 0.312 e. The number of benzene rings is 1. The van der Waals surface area contributed by atoms with E-state index >= 15 is 0 Å². The summed E-state index contributed by atoms with van der Waals surface area (Å²) in [4.78, 5) is 18.7. The predicted molar refractivity (Wildman–Crippen MR) is 98.9 cm³/mol. The summed E-state index contributed by atoms with van der Waals surface area (Å²) in [6.07, 6.45) is 3.88. The standard InChI is InChI=1S/C20H27N3O3/c1-14-9-17-18(10-15(14)2)23(13-21-17)12-16(24)11-22-6-3-20(4-7-22)5-8-26-19(20)25/h9-10,13,16,24H,3-8,11-12H2,1-2H3. The second kappa shape index (κ2) is 6.67. The Morgan fingerprint density at radius 2 is 1.92 bits per heavy atom. The maximum atomic E-state index is 12.0. The molecule has 2 saturated heterocycles. The van der Waals surface area contributed by atoms with Crippen LogP contribution in [0.15, 0.2) is 18.5 Å². The number of carbonyl (C=O) groups is 1. The third-order valence-electron chi connectivity index (χ3n) is 6.17. The fraction of sp³-hybridized carbons (Fsp3) is 0.600. The van der Waals surface area contributed by atoms with Crippen LogP contribution in [0.3, 0.4) is 0 Å². The first kappa shape index (κ1) is 17.5. The van der Waals surface area contributed by atoms with Gasteiger partial charge in [0.15, 0.2) is 0 Å². The molecule has 0 saturated carbocycles. The van der Waals surface area contributed by atoms with E-state index in [-0.39, 0.29) is 11.4 Å². The quantitative estimate of drug-likeness (QED) is 0.848. The van der Waals surface area contributed by atoms with Crippen molar-refractivity contribution in [1.82, 2.24) is 14.5 Å². The number of carbonyl (C=O) groups excluding carboxylic acids is 1. The van der Waals surface area contributed by atoms with Gasteiger partial charge in [0.1, 0.15) is 0 Å². The zero-order chi connectivity index (χ0) is 18.3. The lowest BCUT2D eigenvalue weighted by atomic mass is 9.77. The number of esters is 1. The molecule has 3 heterocycles. The van der Waals surface area contributed by atoms with Crippen molar-refractivity contribution >= 4 is 17.0 Å². The molecule has 0 bridgehead atoms. The van der Waals surface area contributed by atoms with Gasteiger partial charge in [0.2, 0.25) is 0 Å². The predicted octanol–water partition coefficient (Wildman–Crippen LogP) is 2.04. The second-order valence-corrected chi connectivity index (χ2v) is 7.94. The van der Waals surface area contributed by atoms with E-state index in [1.807, 2.05) is 10.9 Å². The summed E-state index contributed by atoms with van der Waals surface area (Å²) in [5, 5.41) is 10.6. The fourth-order valence-electron chi connectivity index (χ4n) is 4.25. The van der Waals surface area contributed by atoms with Gasteiger partial charge in [0.05, 0.1) is 42.0 Å². The first-order valence-corrected chi connectivity index (χ1v) is 9.47. The van der Waals surface area contributed by atoms with Crippen LogP contribution in [-0.2, 0) is 16.1 Å². The molecule has 1 unspecified atom stereocenters. The highest BCUT2D eigenvalue weighted by Gasteiger charge is 2.46. The van der Waals surface area contributed by atoms with Gasteiger partial charge in [-0.2, -0.15) is 0 Å². The van der Waals surface area contributed by atoms with Crippen LogP contribution in [-0.4, -0.2) is 57.9 Å².